The maximum absolute atomic E-state index is 13.0. The maximum Gasteiger partial charge on any atom is 0.253 e. The molecule has 0 aliphatic carbocycles. The van der Waals surface area contributed by atoms with Crippen LogP contribution in [0.25, 0.3) is 0 Å². The maximum atomic E-state index is 13.0. The molecule has 0 spiro atoms. The number of rotatable bonds is 5. The number of piperidine rings is 1. The second-order valence-corrected chi connectivity index (χ2v) is 8.69. The molecule has 0 aromatic heterocycles. The summed E-state index contributed by atoms with van der Waals surface area (Å²) < 4.78 is 0. The summed E-state index contributed by atoms with van der Waals surface area (Å²) in [6.07, 6.45) is 3.96. The Kier molecular flexibility index (Phi) is 6.19. The molecule has 154 valence electrons. The third kappa shape index (κ3) is 4.34. The van der Waals surface area contributed by atoms with E-state index >= 15 is 0 Å². The van der Waals surface area contributed by atoms with Gasteiger partial charge < -0.3 is 24.9 Å². The molecule has 1 aromatic carbocycles. The van der Waals surface area contributed by atoms with Gasteiger partial charge in [-0.05, 0) is 55.9 Å². The summed E-state index contributed by atoms with van der Waals surface area (Å²) >= 11 is 0. The number of anilines is 1. The molecule has 0 unspecified atom stereocenters. The lowest BCUT2D eigenvalue weighted by atomic mass is 9.95. The van der Waals surface area contributed by atoms with Crippen molar-refractivity contribution in [2.24, 2.45) is 11.8 Å². The molecule has 3 fully saturated rings. The van der Waals surface area contributed by atoms with Crippen LogP contribution in [0.1, 0.15) is 36.0 Å². The number of aliphatic hydroxyl groups is 2. The van der Waals surface area contributed by atoms with E-state index in [-0.39, 0.29) is 24.5 Å². The normalized spacial score (nSPS) is 26.9. The summed E-state index contributed by atoms with van der Waals surface area (Å²) in [5.74, 6) is 0.510. The summed E-state index contributed by atoms with van der Waals surface area (Å²) in [5.41, 5.74) is 1.94. The Hall–Kier alpha value is -1.63. The summed E-state index contributed by atoms with van der Waals surface area (Å²) in [7, 11) is 0. The first kappa shape index (κ1) is 19.7. The molecule has 3 saturated heterocycles. The monoisotopic (exact) mass is 387 g/mol. The van der Waals surface area contributed by atoms with Gasteiger partial charge in [-0.15, -0.1) is 0 Å². The van der Waals surface area contributed by atoms with Crippen LogP contribution in [0.15, 0.2) is 24.3 Å². The third-order valence-electron chi connectivity index (χ3n) is 6.73. The van der Waals surface area contributed by atoms with E-state index in [4.69, 9.17) is 0 Å². The highest BCUT2D eigenvalue weighted by atomic mass is 16.3. The van der Waals surface area contributed by atoms with Gasteiger partial charge in [0.2, 0.25) is 0 Å². The van der Waals surface area contributed by atoms with Gasteiger partial charge in [-0.3, -0.25) is 4.79 Å². The molecule has 3 heterocycles. The van der Waals surface area contributed by atoms with Gasteiger partial charge in [-0.1, -0.05) is 0 Å². The average molecular weight is 388 g/mol. The number of nitrogens with zero attached hydrogens (tertiary/aromatic N) is 3. The van der Waals surface area contributed by atoms with Crippen LogP contribution in [-0.4, -0.2) is 84.4 Å². The number of hydrogen-bond acceptors (Lipinski definition) is 5. The minimum atomic E-state index is -0.171. The molecule has 0 bridgehead atoms. The molecule has 6 heteroatoms. The van der Waals surface area contributed by atoms with Crippen molar-refractivity contribution >= 4 is 11.6 Å². The van der Waals surface area contributed by atoms with E-state index < -0.39 is 0 Å². The van der Waals surface area contributed by atoms with Gasteiger partial charge in [0.15, 0.2) is 0 Å². The number of likely N-dealkylation sites (tertiary alicyclic amines) is 2. The van der Waals surface area contributed by atoms with E-state index in [0.29, 0.717) is 19.0 Å². The van der Waals surface area contributed by atoms with Crippen LogP contribution in [-0.2, 0) is 0 Å². The zero-order chi connectivity index (χ0) is 19.5. The van der Waals surface area contributed by atoms with Crippen LogP contribution in [0.2, 0.25) is 0 Å². The first-order chi connectivity index (χ1) is 13.6. The van der Waals surface area contributed by atoms with Crippen LogP contribution in [0, 0.1) is 11.8 Å². The van der Waals surface area contributed by atoms with E-state index in [0.717, 1.165) is 51.1 Å². The summed E-state index contributed by atoms with van der Waals surface area (Å²) in [6.45, 7) is 6.37. The Balaban J connectivity index is 1.36. The lowest BCUT2D eigenvalue weighted by Crippen LogP contribution is -2.40. The van der Waals surface area contributed by atoms with Gasteiger partial charge in [-0.25, -0.2) is 0 Å². The molecule has 6 nitrogen and oxygen atoms in total. The average Bonchev–Trinajstić information content (AvgIpc) is 3.39. The van der Waals surface area contributed by atoms with Crippen molar-refractivity contribution in [3.05, 3.63) is 29.8 Å². The zero-order valence-electron chi connectivity index (χ0n) is 16.7. The first-order valence-electron chi connectivity index (χ1n) is 10.8. The third-order valence-corrected chi connectivity index (χ3v) is 6.73. The number of benzene rings is 1. The Morgan fingerprint density at radius 1 is 0.964 bits per heavy atom. The molecule has 2 N–H and O–H groups in total. The number of carbonyl (C=O) groups excluding carboxylic acids is 1. The van der Waals surface area contributed by atoms with Crippen molar-refractivity contribution in [2.45, 2.75) is 31.8 Å². The van der Waals surface area contributed by atoms with Crippen LogP contribution >= 0.6 is 0 Å². The van der Waals surface area contributed by atoms with Crippen LogP contribution in [0.3, 0.4) is 0 Å². The van der Waals surface area contributed by atoms with E-state index in [1.165, 1.54) is 18.5 Å². The highest BCUT2D eigenvalue weighted by molar-refractivity contribution is 5.94. The number of amides is 1. The second kappa shape index (κ2) is 8.80. The molecule has 3 aliphatic heterocycles. The van der Waals surface area contributed by atoms with Crippen molar-refractivity contribution in [3.63, 3.8) is 0 Å². The second-order valence-electron chi connectivity index (χ2n) is 8.69. The Labute approximate surface area is 167 Å². The molecular weight excluding hydrogens is 354 g/mol. The molecule has 0 saturated carbocycles. The lowest BCUT2D eigenvalue weighted by Gasteiger charge is -2.32. The highest BCUT2D eigenvalue weighted by Crippen LogP contribution is 2.27. The van der Waals surface area contributed by atoms with Gasteiger partial charge in [0.25, 0.3) is 5.91 Å². The lowest BCUT2D eigenvalue weighted by molar-refractivity contribution is 0.0679. The molecule has 2 atom stereocenters. The van der Waals surface area contributed by atoms with E-state index in [9.17, 15) is 15.0 Å². The quantitative estimate of drug-likeness (QED) is 0.800. The minimum absolute atomic E-state index is 0.0722. The molecule has 28 heavy (non-hydrogen) atoms. The van der Waals surface area contributed by atoms with Crippen molar-refractivity contribution in [1.29, 1.82) is 0 Å². The summed E-state index contributed by atoms with van der Waals surface area (Å²) in [5, 5.41) is 19.5. The molecule has 4 rings (SSSR count). The van der Waals surface area contributed by atoms with Gasteiger partial charge in [0.05, 0.1) is 6.10 Å². The van der Waals surface area contributed by atoms with Gasteiger partial charge in [0.1, 0.15) is 0 Å². The van der Waals surface area contributed by atoms with Crippen LogP contribution in [0.5, 0.6) is 0 Å². The number of carbonyl (C=O) groups is 1. The fourth-order valence-corrected chi connectivity index (χ4v) is 4.92. The van der Waals surface area contributed by atoms with Gasteiger partial charge in [0, 0.05) is 69.6 Å². The predicted octanol–water partition coefficient (Wildman–Crippen LogP) is 1.42. The highest BCUT2D eigenvalue weighted by Gasteiger charge is 2.36. The first-order valence-corrected chi connectivity index (χ1v) is 10.8. The minimum Gasteiger partial charge on any atom is -0.396 e. The Bertz CT molecular complexity index is 651. The molecule has 3 aliphatic rings. The Morgan fingerprint density at radius 2 is 1.61 bits per heavy atom. The zero-order valence-corrected chi connectivity index (χ0v) is 16.7. The molecular formula is C22H33N3O3. The molecule has 1 aromatic rings. The van der Waals surface area contributed by atoms with Crippen molar-refractivity contribution in [3.8, 4) is 0 Å². The molecule has 1 amide bonds. The van der Waals surface area contributed by atoms with Gasteiger partial charge in [-0.2, -0.15) is 0 Å². The smallest absolute Gasteiger partial charge is 0.253 e. The molecule has 0 radical (unpaired) electrons. The van der Waals surface area contributed by atoms with Crippen molar-refractivity contribution < 1.29 is 15.0 Å². The predicted molar refractivity (Wildman–Crippen MR) is 110 cm³/mol. The van der Waals surface area contributed by atoms with Crippen molar-refractivity contribution in [1.82, 2.24) is 9.80 Å². The number of hydrogen-bond donors (Lipinski definition) is 2. The van der Waals surface area contributed by atoms with Crippen LogP contribution < -0.4 is 4.90 Å². The van der Waals surface area contributed by atoms with E-state index in [1.807, 2.05) is 17.0 Å². The summed E-state index contributed by atoms with van der Waals surface area (Å²) in [4.78, 5) is 19.7. The van der Waals surface area contributed by atoms with E-state index in [2.05, 4.69) is 21.9 Å². The fraction of sp³-hybridized carbons (Fsp3) is 0.682. The fourth-order valence-electron chi connectivity index (χ4n) is 4.92. The van der Waals surface area contributed by atoms with Gasteiger partial charge >= 0.3 is 0 Å². The number of aliphatic hydroxyl groups excluding tert-OH is 2. The van der Waals surface area contributed by atoms with E-state index in [1.54, 1.807) is 0 Å². The Morgan fingerprint density at radius 3 is 2.25 bits per heavy atom. The van der Waals surface area contributed by atoms with Crippen LogP contribution in [0.4, 0.5) is 5.69 Å². The standard InChI is InChI=1S/C22H33N3O3/c26-16-19-15-25(14-18(19)13-23-11-7-21(27)8-12-23)22(28)17-3-5-20(6-4-17)24-9-1-2-10-24/h3-6,18-19,21,26-27H,1-2,7-16H2/t18-,19-/m1/s1. The summed E-state index contributed by atoms with van der Waals surface area (Å²) in [6, 6.07) is 8.02. The van der Waals surface area contributed by atoms with Crippen molar-refractivity contribution in [2.75, 3.05) is 57.3 Å². The topological polar surface area (TPSA) is 67.3 Å². The SMILES string of the molecule is O=C(c1ccc(N2CCCC2)cc1)N1C[C@@H](CN2CCC(O)CC2)[C@@H](CO)C1. The largest absolute Gasteiger partial charge is 0.396 e.